The van der Waals surface area contributed by atoms with Crippen molar-refractivity contribution in [2.75, 3.05) is 29.6 Å². The Kier molecular flexibility index (Phi) is 7.77. The summed E-state index contributed by atoms with van der Waals surface area (Å²) in [4.78, 5) is 18.2. The number of carbonyl (C=O) groups is 1. The molecule has 30 heavy (non-hydrogen) atoms. The maximum absolute atomic E-state index is 14.7. The lowest BCUT2D eigenvalue weighted by Gasteiger charge is -2.24. The molecule has 8 heteroatoms. The van der Waals surface area contributed by atoms with Gasteiger partial charge in [0.05, 0.1) is 5.56 Å². The van der Waals surface area contributed by atoms with Crippen LogP contribution in [0.4, 0.5) is 27.4 Å². The summed E-state index contributed by atoms with van der Waals surface area (Å²) in [7, 11) is 3.84. The minimum absolute atomic E-state index is 0.0159. The molecule has 1 heterocycles. The van der Waals surface area contributed by atoms with Crippen LogP contribution in [0, 0.1) is 5.82 Å². The van der Waals surface area contributed by atoms with Gasteiger partial charge in [0.25, 0.3) is 5.91 Å². The number of anilines is 4. The average Bonchev–Trinajstić information content (AvgIpc) is 2.72. The van der Waals surface area contributed by atoms with E-state index < -0.39 is 11.7 Å². The summed E-state index contributed by atoms with van der Waals surface area (Å²) in [5.41, 5.74) is 14.0. The third-order valence-corrected chi connectivity index (χ3v) is 5.01. The van der Waals surface area contributed by atoms with Gasteiger partial charge < -0.3 is 27.0 Å². The van der Waals surface area contributed by atoms with Crippen LogP contribution in [-0.2, 0) is 0 Å². The predicted octanol–water partition coefficient (Wildman–Crippen LogP) is 3.70. The van der Waals surface area contributed by atoms with Crippen LogP contribution in [0.1, 0.15) is 42.6 Å². The normalized spacial score (nSPS) is 12.7. The number of benzene rings is 1. The Balaban J connectivity index is 2.53. The number of nitrogens with two attached hydrogens (primary N) is 2. The summed E-state index contributed by atoms with van der Waals surface area (Å²) in [5.74, 6) is -1.27. The van der Waals surface area contributed by atoms with Crippen molar-refractivity contribution >= 4 is 35.0 Å². The number of primary amides is 1. The molecule has 0 radical (unpaired) electrons. The molecule has 0 fully saturated rings. The molecule has 2 aromatic rings. The molecule has 162 valence electrons. The second-order valence-electron chi connectivity index (χ2n) is 7.27. The zero-order valence-electron chi connectivity index (χ0n) is 18.0. The maximum atomic E-state index is 14.7. The van der Waals surface area contributed by atoms with Gasteiger partial charge >= 0.3 is 0 Å². The number of carbonyl (C=O) groups excluding carboxylic acids is 1. The zero-order valence-corrected chi connectivity index (χ0v) is 18.0. The van der Waals surface area contributed by atoms with Crippen LogP contribution in [-0.4, -0.2) is 37.1 Å². The first-order valence-corrected chi connectivity index (χ1v) is 9.95. The Hall–Kier alpha value is -3.13. The van der Waals surface area contributed by atoms with E-state index in [2.05, 4.69) is 22.2 Å². The topological polar surface area (TPSA) is 109 Å². The van der Waals surface area contributed by atoms with Crippen LogP contribution in [0.15, 0.2) is 30.8 Å². The maximum Gasteiger partial charge on any atom is 0.252 e. The van der Waals surface area contributed by atoms with E-state index in [0.717, 1.165) is 23.7 Å². The van der Waals surface area contributed by atoms with Gasteiger partial charge in [-0.25, -0.2) is 9.37 Å². The first kappa shape index (κ1) is 23.2. The van der Waals surface area contributed by atoms with Gasteiger partial charge in [-0.05, 0) is 31.0 Å². The molecule has 0 saturated carbocycles. The second-order valence-corrected chi connectivity index (χ2v) is 7.27. The standard InChI is InChI=1S/C22H31FN6O/c1-6-13-18(10-9-11-19(13)29(4)5)27-21-14(20(25)30)12-15(23)22(28-21)26-17(8-3)16(24)7-2/h6,9-12,16-17H,1,7-8,24H2,2-5H3,(H2,25,30)(H2,26,27,28)/t16?,17-/m1/s1. The fourth-order valence-electron chi connectivity index (χ4n) is 3.24. The minimum Gasteiger partial charge on any atom is -0.377 e. The molecule has 0 spiro atoms. The first-order chi connectivity index (χ1) is 14.2. The van der Waals surface area contributed by atoms with Crippen molar-refractivity contribution in [3.63, 3.8) is 0 Å². The number of hydrogen-bond acceptors (Lipinski definition) is 6. The molecule has 2 rings (SSSR count). The zero-order chi connectivity index (χ0) is 22.4. The summed E-state index contributed by atoms with van der Waals surface area (Å²) >= 11 is 0. The van der Waals surface area contributed by atoms with Crippen LogP contribution in [0.2, 0.25) is 0 Å². The van der Waals surface area contributed by atoms with Crippen molar-refractivity contribution in [3.05, 3.63) is 47.8 Å². The number of rotatable bonds is 10. The molecule has 0 saturated heterocycles. The van der Waals surface area contributed by atoms with E-state index in [1.54, 1.807) is 6.08 Å². The van der Waals surface area contributed by atoms with Crippen molar-refractivity contribution in [1.29, 1.82) is 0 Å². The predicted molar refractivity (Wildman–Crippen MR) is 123 cm³/mol. The van der Waals surface area contributed by atoms with Crippen LogP contribution >= 0.6 is 0 Å². The van der Waals surface area contributed by atoms with Gasteiger partial charge in [0, 0.05) is 43.1 Å². The largest absolute Gasteiger partial charge is 0.377 e. The van der Waals surface area contributed by atoms with Gasteiger partial charge in [-0.3, -0.25) is 4.79 Å². The van der Waals surface area contributed by atoms with Gasteiger partial charge in [-0.1, -0.05) is 32.6 Å². The Morgan fingerprint density at radius 3 is 2.53 bits per heavy atom. The van der Waals surface area contributed by atoms with Gasteiger partial charge in [0.1, 0.15) is 5.82 Å². The summed E-state index contributed by atoms with van der Waals surface area (Å²) in [6, 6.07) is 6.41. The highest BCUT2D eigenvalue weighted by Gasteiger charge is 2.21. The molecule has 1 amide bonds. The van der Waals surface area contributed by atoms with Gasteiger partial charge in [0.2, 0.25) is 0 Å². The van der Waals surface area contributed by atoms with Crippen molar-refractivity contribution in [3.8, 4) is 0 Å². The Labute approximate surface area is 177 Å². The molecule has 1 aromatic heterocycles. The summed E-state index contributed by atoms with van der Waals surface area (Å²) < 4.78 is 14.7. The van der Waals surface area contributed by atoms with Crippen molar-refractivity contribution in [2.45, 2.75) is 38.8 Å². The number of nitrogens with one attached hydrogen (secondary N) is 2. The molecule has 6 N–H and O–H groups in total. The Bertz CT molecular complexity index is 915. The summed E-state index contributed by atoms with van der Waals surface area (Å²) in [5, 5.41) is 6.19. The van der Waals surface area contributed by atoms with Gasteiger partial charge in [-0.15, -0.1) is 0 Å². The number of halogens is 1. The van der Waals surface area contributed by atoms with Crippen LogP contribution in [0.3, 0.4) is 0 Å². The van der Waals surface area contributed by atoms with Crippen LogP contribution in [0.25, 0.3) is 6.08 Å². The molecular weight excluding hydrogens is 383 g/mol. The first-order valence-electron chi connectivity index (χ1n) is 9.95. The molecule has 1 unspecified atom stereocenters. The van der Waals surface area contributed by atoms with E-state index in [1.165, 1.54) is 0 Å². The highest BCUT2D eigenvalue weighted by atomic mass is 19.1. The number of aromatic nitrogens is 1. The molecule has 0 bridgehead atoms. The summed E-state index contributed by atoms with van der Waals surface area (Å²) in [6.45, 7) is 7.81. The highest BCUT2D eigenvalue weighted by molar-refractivity contribution is 5.99. The van der Waals surface area contributed by atoms with Crippen molar-refractivity contribution in [2.24, 2.45) is 11.5 Å². The molecule has 0 aliphatic rings. The number of pyridine rings is 1. The second kappa shape index (κ2) is 10.1. The molecule has 7 nitrogen and oxygen atoms in total. The van der Waals surface area contributed by atoms with E-state index in [9.17, 15) is 9.18 Å². The van der Waals surface area contributed by atoms with E-state index in [0.29, 0.717) is 12.1 Å². The number of hydrogen-bond donors (Lipinski definition) is 4. The molecule has 1 aromatic carbocycles. The van der Waals surface area contributed by atoms with E-state index in [-0.39, 0.29) is 29.3 Å². The van der Waals surface area contributed by atoms with E-state index in [1.807, 2.05) is 51.0 Å². The van der Waals surface area contributed by atoms with Crippen LogP contribution < -0.4 is 27.0 Å². The minimum atomic E-state index is -0.781. The van der Waals surface area contributed by atoms with Crippen molar-refractivity contribution < 1.29 is 9.18 Å². The fourth-order valence-corrected chi connectivity index (χ4v) is 3.24. The van der Waals surface area contributed by atoms with Crippen LogP contribution in [0.5, 0.6) is 0 Å². The smallest absolute Gasteiger partial charge is 0.252 e. The third-order valence-electron chi connectivity index (χ3n) is 5.01. The van der Waals surface area contributed by atoms with Gasteiger partial charge in [0.15, 0.2) is 11.6 Å². The number of nitrogens with zero attached hydrogens (tertiary/aromatic N) is 2. The monoisotopic (exact) mass is 414 g/mol. The summed E-state index contributed by atoms with van der Waals surface area (Å²) in [6.07, 6.45) is 3.14. The quantitative estimate of drug-likeness (QED) is 0.472. The van der Waals surface area contributed by atoms with Crippen molar-refractivity contribution in [1.82, 2.24) is 4.98 Å². The fraction of sp³-hybridized carbons (Fsp3) is 0.364. The molecule has 0 aliphatic heterocycles. The van der Waals surface area contributed by atoms with E-state index in [4.69, 9.17) is 11.5 Å². The highest BCUT2D eigenvalue weighted by Crippen LogP contribution is 2.31. The molecular formula is C22H31FN6O. The number of amides is 1. The molecule has 2 atom stereocenters. The molecule has 0 aliphatic carbocycles. The average molecular weight is 415 g/mol. The Morgan fingerprint density at radius 2 is 2.00 bits per heavy atom. The van der Waals surface area contributed by atoms with E-state index >= 15 is 0 Å². The lowest BCUT2D eigenvalue weighted by atomic mass is 10.0. The lowest BCUT2D eigenvalue weighted by molar-refractivity contribution is 0.100. The van der Waals surface area contributed by atoms with Gasteiger partial charge in [-0.2, -0.15) is 0 Å². The Morgan fingerprint density at radius 1 is 1.30 bits per heavy atom. The lowest BCUT2D eigenvalue weighted by Crippen LogP contribution is -2.39. The third kappa shape index (κ3) is 5.07. The SMILES string of the molecule is C=Cc1c(Nc2nc(N[C@H](CC)C(N)CC)c(F)cc2C(N)=O)cccc1N(C)C.